The van der Waals surface area contributed by atoms with E-state index in [4.69, 9.17) is 5.11 Å². The fourth-order valence-corrected chi connectivity index (χ4v) is 5.13. The number of rotatable bonds is 30. The molecule has 0 aliphatic rings. The average molecular weight is 483 g/mol. The van der Waals surface area contributed by atoms with Crippen molar-refractivity contribution in [3.63, 3.8) is 0 Å². The van der Waals surface area contributed by atoms with E-state index in [-0.39, 0.29) is 7.43 Å². The third kappa shape index (κ3) is 34.1. The number of hydrogen-bond donors (Lipinski definition) is 1. The zero-order valence-electron chi connectivity index (χ0n) is 23.4. The van der Waals surface area contributed by atoms with Crippen molar-refractivity contribution in [1.82, 2.24) is 0 Å². The zero-order valence-corrected chi connectivity index (χ0v) is 23.4. The van der Waals surface area contributed by atoms with Crippen molar-refractivity contribution in [3.8, 4) is 0 Å². The monoisotopic (exact) mass is 483 g/mol. The molecule has 0 bridgehead atoms. The smallest absolute Gasteiger partial charge is 0.0431 e. The third-order valence-corrected chi connectivity index (χ3v) is 7.51. The van der Waals surface area contributed by atoms with Crippen LogP contribution in [-0.2, 0) is 0 Å². The first-order valence-electron chi connectivity index (χ1n) is 16.0. The van der Waals surface area contributed by atoms with Gasteiger partial charge in [-0.1, -0.05) is 201 Å². The molecule has 1 N–H and O–H groups in total. The summed E-state index contributed by atoms with van der Waals surface area (Å²) in [6, 6.07) is 0. The van der Waals surface area contributed by atoms with Gasteiger partial charge in [0.2, 0.25) is 0 Å². The Bertz CT molecular complexity index is 284. The number of unbranched alkanes of at least 4 members (excludes halogenated alkanes) is 29. The van der Waals surface area contributed by atoms with Gasteiger partial charge in [-0.05, 0) is 6.42 Å². The summed E-state index contributed by atoms with van der Waals surface area (Å²) in [5, 5.41) is 8.77. The van der Waals surface area contributed by atoms with Gasteiger partial charge in [0.05, 0.1) is 0 Å². The summed E-state index contributed by atoms with van der Waals surface area (Å²) in [6.07, 6.45) is 43.1. The van der Waals surface area contributed by atoms with Gasteiger partial charge in [0.25, 0.3) is 0 Å². The van der Waals surface area contributed by atoms with Gasteiger partial charge in [0.15, 0.2) is 0 Å². The van der Waals surface area contributed by atoms with E-state index in [0.717, 1.165) is 6.42 Å². The Balaban J connectivity index is 0. The van der Waals surface area contributed by atoms with Crippen molar-refractivity contribution in [2.75, 3.05) is 6.61 Å². The lowest BCUT2D eigenvalue weighted by atomic mass is 10.0. The summed E-state index contributed by atoms with van der Waals surface area (Å²) in [4.78, 5) is 0. The lowest BCUT2D eigenvalue weighted by Crippen LogP contribution is -1.85. The van der Waals surface area contributed by atoms with Crippen molar-refractivity contribution in [2.24, 2.45) is 0 Å². The number of aliphatic hydroxyl groups excluding tert-OH is 1. The normalized spacial score (nSPS) is 11.1. The van der Waals surface area contributed by atoms with Crippen LogP contribution >= 0.6 is 0 Å². The summed E-state index contributed by atoms with van der Waals surface area (Å²) >= 11 is 0. The van der Waals surface area contributed by atoms with Crippen LogP contribution in [0.25, 0.3) is 0 Å². The maximum Gasteiger partial charge on any atom is 0.0431 e. The molecule has 1 nitrogen and oxygen atoms in total. The predicted octanol–water partition coefficient (Wildman–Crippen LogP) is 12.3. The first-order chi connectivity index (χ1) is 16.4. The Labute approximate surface area is 218 Å². The molecule has 0 aliphatic carbocycles. The van der Waals surface area contributed by atoms with E-state index < -0.39 is 0 Å². The second-order valence-electron chi connectivity index (χ2n) is 11.0. The molecule has 0 spiro atoms. The topological polar surface area (TPSA) is 20.2 Å². The van der Waals surface area contributed by atoms with E-state index in [1.54, 1.807) is 0 Å². The molecule has 1 heteroatoms. The Morgan fingerprint density at radius 1 is 0.265 bits per heavy atom. The molecular formula is C33H70O. The molecule has 0 aromatic carbocycles. The van der Waals surface area contributed by atoms with E-state index in [1.165, 1.54) is 186 Å². The molecular weight excluding hydrogens is 412 g/mol. The highest BCUT2D eigenvalue weighted by Crippen LogP contribution is 2.16. The molecule has 0 aromatic rings. The molecule has 0 saturated heterocycles. The van der Waals surface area contributed by atoms with Crippen LogP contribution in [0.4, 0.5) is 0 Å². The first kappa shape index (κ1) is 36.1. The summed E-state index contributed by atoms with van der Waals surface area (Å²) in [5.74, 6) is 0. The molecule has 0 rings (SSSR count). The predicted molar refractivity (Wildman–Crippen MR) is 158 cm³/mol. The second-order valence-corrected chi connectivity index (χ2v) is 11.0. The molecule has 0 aliphatic heterocycles. The maximum atomic E-state index is 8.77. The highest BCUT2D eigenvalue weighted by Gasteiger charge is 1.96. The van der Waals surface area contributed by atoms with Crippen molar-refractivity contribution in [3.05, 3.63) is 0 Å². The van der Waals surface area contributed by atoms with Crippen molar-refractivity contribution in [2.45, 2.75) is 207 Å². The van der Waals surface area contributed by atoms with Crippen LogP contribution in [0.2, 0.25) is 0 Å². The average Bonchev–Trinajstić information content (AvgIpc) is 2.83. The molecule has 0 aromatic heterocycles. The molecule has 0 unspecified atom stereocenters. The quantitative estimate of drug-likeness (QED) is 0.101. The maximum absolute atomic E-state index is 8.77. The summed E-state index contributed by atoms with van der Waals surface area (Å²) in [6.45, 7) is 2.68. The minimum Gasteiger partial charge on any atom is -0.396 e. The molecule has 208 valence electrons. The van der Waals surface area contributed by atoms with Gasteiger partial charge in [0.1, 0.15) is 0 Å². The number of hydrogen-bond acceptors (Lipinski definition) is 1. The Hall–Kier alpha value is -0.0400. The Morgan fingerprint density at radius 3 is 0.559 bits per heavy atom. The van der Waals surface area contributed by atoms with Gasteiger partial charge in [0, 0.05) is 6.61 Å². The standard InChI is InChI=1S/C32H66O.CH4/c1-2-3-4-5-6-7-8-9-10-11-12-13-14-15-16-17-18-19-20-21-22-23-24-25-26-27-28-29-30-31-32-33;/h33H,2-32H2,1H3;1H4. The van der Waals surface area contributed by atoms with E-state index in [0.29, 0.717) is 6.61 Å². The van der Waals surface area contributed by atoms with Crippen molar-refractivity contribution in [1.29, 1.82) is 0 Å². The molecule has 0 fully saturated rings. The van der Waals surface area contributed by atoms with E-state index in [1.807, 2.05) is 0 Å². The fraction of sp³-hybridized carbons (Fsp3) is 1.00. The van der Waals surface area contributed by atoms with Crippen LogP contribution in [0.1, 0.15) is 207 Å². The van der Waals surface area contributed by atoms with Gasteiger partial charge in [-0.25, -0.2) is 0 Å². The van der Waals surface area contributed by atoms with Crippen molar-refractivity contribution >= 4 is 0 Å². The summed E-state index contributed by atoms with van der Waals surface area (Å²) in [5.41, 5.74) is 0. The second kappa shape index (κ2) is 35.1. The minimum absolute atomic E-state index is 0. The van der Waals surface area contributed by atoms with Crippen LogP contribution in [0.3, 0.4) is 0 Å². The van der Waals surface area contributed by atoms with Gasteiger partial charge >= 0.3 is 0 Å². The fourth-order valence-electron chi connectivity index (χ4n) is 5.13. The highest BCUT2D eigenvalue weighted by molar-refractivity contribution is 4.52. The van der Waals surface area contributed by atoms with Gasteiger partial charge < -0.3 is 5.11 Å². The largest absolute Gasteiger partial charge is 0.396 e. The van der Waals surface area contributed by atoms with Gasteiger partial charge in [-0.15, -0.1) is 0 Å². The van der Waals surface area contributed by atoms with E-state index >= 15 is 0 Å². The Kier molecular flexibility index (Phi) is 37.3. The van der Waals surface area contributed by atoms with Crippen LogP contribution in [0.15, 0.2) is 0 Å². The summed E-state index contributed by atoms with van der Waals surface area (Å²) < 4.78 is 0. The zero-order chi connectivity index (χ0) is 23.9. The molecule has 0 amide bonds. The molecule has 0 saturated carbocycles. The third-order valence-electron chi connectivity index (χ3n) is 7.51. The highest BCUT2D eigenvalue weighted by atomic mass is 16.2. The summed E-state index contributed by atoms with van der Waals surface area (Å²) in [7, 11) is 0. The molecule has 0 radical (unpaired) electrons. The van der Waals surface area contributed by atoms with Crippen LogP contribution in [-0.4, -0.2) is 11.7 Å². The Morgan fingerprint density at radius 2 is 0.412 bits per heavy atom. The van der Waals surface area contributed by atoms with Crippen LogP contribution in [0, 0.1) is 0 Å². The van der Waals surface area contributed by atoms with E-state index in [2.05, 4.69) is 6.92 Å². The first-order valence-corrected chi connectivity index (χ1v) is 16.0. The molecule has 0 atom stereocenters. The van der Waals surface area contributed by atoms with Gasteiger partial charge in [-0.2, -0.15) is 0 Å². The van der Waals surface area contributed by atoms with Gasteiger partial charge in [-0.3, -0.25) is 0 Å². The van der Waals surface area contributed by atoms with Crippen molar-refractivity contribution < 1.29 is 5.11 Å². The minimum atomic E-state index is 0. The van der Waals surface area contributed by atoms with Crippen LogP contribution < -0.4 is 0 Å². The van der Waals surface area contributed by atoms with Crippen LogP contribution in [0.5, 0.6) is 0 Å². The lowest BCUT2D eigenvalue weighted by molar-refractivity contribution is 0.282. The lowest BCUT2D eigenvalue weighted by Gasteiger charge is -2.04. The number of aliphatic hydroxyl groups is 1. The SMILES string of the molecule is C.CCCCCCCCCCCCCCCCCCCCCCCCCCCCCCCCO. The molecule has 34 heavy (non-hydrogen) atoms. The van der Waals surface area contributed by atoms with E-state index in [9.17, 15) is 0 Å². The molecule has 0 heterocycles.